The molecule has 1 unspecified atom stereocenters. The van der Waals surface area contributed by atoms with Gasteiger partial charge in [-0.1, -0.05) is 42.5 Å². The van der Waals surface area contributed by atoms with Gasteiger partial charge in [0.05, 0.1) is 6.07 Å². The van der Waals surface area contributed by atoms with Gasteiger partial charge in [0.2, 0.25) is 0 Å². The van der Waals surface area contributed by atoms with E-state index in [1.165, 1.54) is 6.92 Å². The lowest BCUT2D eigenvalue weighted by molar-refractivity contribution is -0.150. The third kappa shape index (κ3) is 2.74. The summed E-state index contributed by atoms with van der Waals surface area (Å²) in [6, 6.07) is 15.7. The van der Waals surface area contributed by atoms with E-state index in [2.05, 4.69) is 0 Å². The van der Waals surface area contributed by atoms with Crippen LogP contribution in [0, 0.1) is 17.2 Å². The van der Waals surface area contributed by atoms with Gasteiger partial charge in [-0.15, -0.1) is 0 Å². The molecule has 0 aliphatic heterocycles. The minimum absolute atomic E-state index is 0.366. The molecule has 0 N–H and O–H groups in total. The number of ether oxygens (including phenoxy) is 1. The summed E-state index contributed by atoms with van der Waals surface area (Å²) in [5, 5.41) is 10.9. The van der Waals surface area contributed by atoms with Crippen LogP contribution >= 0.6 is 0 Å². The van der Waals surface area contributed by atoms with Crippen LogP contribution in [-0.2, 0) is 9.53 Å². The second kappa shape index (κ2) is 5.53. The summed E-state index contributed by atoms with van der Waals surface area (Å²) in [6.07, 6.45) is -0.366. The van der Waals surface area contributed by atoms with Gasteiger partial charge in [0.25, 0.3) is 0 Å². The van der Waals surface area contributed by atoms with Crippen molar-refractivity contribution in [3.63, 3.8) is 0 Å². The van der Waals surface area contributed by atoms with Crippen molar-refractivity contribution in [1.82, 2.24) is 0 Å². The minimum atomic E-state index is -0.738. The highest BCUT2D eigenvalue weighted by Crippen LogP contribution is 2.26. The van der Waals surface area contributed by atoms with Crippen LogP contribution in [0.1, 0.15) is 25.5 Å². The Balaban J connectivity index is 2.30. The monoisotopic (exact) mass is 253 g/mol. The second-order valence-corrected chi connectivity index (χ2v) is 4.50. The summed E-state index contributed by atoms with van der Waals surface area (Å²) < 4.78 is 5.34. The Morgan fingerprint density at radius 1 is 1.16 bits per heavy atom. The molecule has 2 atom stereocenters. The molecule has 0 heterocycles. The van der Waals surface area contributed by atoms with Crippen molar-refractivity contribution in [2.75, 3.05) is 0 Å². The molecule has 0 spiro atoms. The normalized spacial score (nSPS) is 13.5. The van der Waals surface area contributed by atoms with Crippen molar-refractivity contribution < 1.29 is 9.53 Å². The first-order valence-corrected chi connectivity index (χ1v) is 6.21. The molecule has 0 radical (unpaired) electrons. The molecule has 2 aromatic carbocycles. The Hall–Kier alpha value is -2.34. The van der Waals surface area contributed by atoms with Crippen LogP contribution < -0.4 is 0 Å². The van der Waals surface area contributed by atoms with Crippen molar-refractivity contribution >= 4 is 16.7 Å². The smallest absolute Gasteiger partial charge is 0.323 e. The third-order valence-electron chi connectivity index (χ3n) is 3.10. The summed E-state index contributed by atoms with van der Waals surface area (Å²) in [4.78, 5) is 11.6. The molecule has 2 aromatic rings. The highest BCUT2D eigenvalue weighted by Gasteiger charge is 2.18. The maximum atomic E-state index is 11.6. The lowest BCUT2D eigenvalue weighted by atomic mass is 10.0. The number of hydrogen-bond acceptors (Lipinski definition) is 3. The molecule has 0 bridgehead atoms. The second-order valence-electron chi connectivity index (χ2n) is 4.50. The maximum absolute atomic E-state index is 11.6. The van der Waals surface area contributed by atoms with Gasteiger partial charge < -0.3 is 4.74 Å². The average Bonchev–Trinajstić information content (AvgIpc) is 2.45. The van der Waals surface area contributed by atoms with E-state index >= 15 is 0 Å². The molecule has 0 aliphatic carbocycles. The minimum Gasteiger partial charge on any atom is -0.457 e. The molecule has 96 valence electrons. The van der Waals surface area contributed by atoms with E-state index in [0.717, 1.165) is 16.3 Å². The highest BCUT2D eigenvalue weighted by atomic mass is 16.5. The molecular formula is C16H15NO2. The summed E-state index contributed by atoms with van der Waals surface area (Å²) >= 11 is 0. The fraction of sp³-hybridized carbons (Fsp3) is 0.250. The zero-order valence-corrected chi connectivity index (χ0v) is 11.0. The highest BCUT2D eigenvalue weighted by molar-refractivity contribution is 5.86. The molecule has 0 aliphatic rings. The average molecular weight is 253 g/mol. The van der Waals surface area contributed by atoms with Gasteiger partial charge in [-0.05, 0) is 30.2 Å². The predicted octanol–water partition coefficient (Wildman–Crippen LogP) is 3.60. The van der Waals surface area contributed by atoms with Crippen molar-refractivity contribution in [3.05, 3.63) is 48.0 Å². The molecule has 0 aromatic heterocycles. The molecular weight excluding hydrogens is 238 g/mol. The summed E-state index contributed by atoms with van der Waals surface area (Å²) in [5.74, 6) is -1.22. The number of benzene rings is 2. The summed E-state index contributed by atoms with van der Waals surface area (Å²) in [5.41, 5.74) is 0.955. The molecule has 3 heteroatoms. The predicted molar refractivity (Wildman–Crippen MR) is 73.2 cm³/mol. The lowest BCUT2D eigenvalue weighted by Crippen LogP contribution is -2.15. The maximum Gasteiger partial charge on any atom is 0.323 e. The Labute approximate surface area is 112 Å². The number of carbonyl (C=O) groups is 1. The van der Waals surface area contributed by atoms with Crippen LogP contribution in [0.2, 0.25) is 0 Å². The van der Waals surface area contributed by atoms with E-state index in [-0.39, 0.29) is 6.10 Å². The fourth-order valence-electron chi connectivity index (χ4n) is 2.00. The van der Waals surface area contributed by atoms with E-state index in [0.29, 0.717) is 0 Å². The van der Waals surface area contributed by atoms with Gasteiger partial charge in [0.1, 0.15) is 12.0 Å². The molecule has 0 saturated carbocycles. The van der Waals surface area contributed by atoms with Crippen molar-refractivity contribution in [2.45, 2.75) is 20.0 Å². The van der Waals surface area contributed by atoms with Gasteiger partial charge in [-0.25, -0.2) is 0 Å². The Bertz CT molecular complexity index is 637. The zero-order valence-electron chi connectivity index (χ0n) is 11.0. The van der Waals surface area contributed by atoms with Crippen molar-refractivity contribution in [1.29, 1.82) is 5.26 Å². The first-order valence-electron chi connectivity index (χ1n) is 6.21. The topological polar surface area (TPSA) is 50.1 Å². The number of nitriles is 1. The van der Waals surface area contributed by atoms with E-state index in [4.69, 9.17) is 10.00 Å². The Morgan fingerprint density at radius 3 is 2.58 bits per heavy atom. The zero-order chi connectivity index (χ0) is 13.8. The molecule has 19 heavy (non-hydrogen) atoms. The summed E-state index contributed by atoms with van der Waals surface area (Å²) in [7, 11) is 0. The first kappa shape index (κ1) is 13.1. The number of nitrogens with zero attached hydrogens (tertiary/aromatic N) is 1. The number of fused-ring (bicyclic) bond motifs is 1. The summed E-state index contributed by atoms with van der Waals surface area (Å²) in [6.45, 7) is 3.36. The largest absolute Gasteiger partial charge is 0.457 e. The van der Waals surface area contributed by atoms with Crippen LogP contribution in [0.5, 0.6) is 0 Å². The number of hydrogen-bond donors (Lipinski definition) is 0. The van der Waals surface area contributed by atoms with E-state index in [1.807, 2.05) is 55.5 Å². The van der Waals surface area contributed by atoms with Gasteiger partial charge in [0.15, 0.2) is 0 Å². The molecule has 3 nitrogen and oxygen atoms in total. The Morgan fingerprint density at radius 2 is 1.84 bits per heavy atom. The van der Waals surface area contributed by atoms with Gasteiger partial charge >= 0.3 is 5.97 Å². The van der Waals surface area contributed by atoms with Crippen molar-refractivity contribution in [2.24, 2.45) is 5.92 Å². The SMILES string of the molecule is CC(C#N)C(=O)O[C@H](C)c1cccc2ccccc12. The van der Waals surface area contributed by atoms with Crippen molar-refractivity contribution in [3.8, 4) is 6.07 Å². The van der Waals surface area contributed by atoms with E-state index in [9.17, 15) is 4.79 Å². The Kier molecular flexibility index (Phi) is 3.82. The van der Waals surface area contributed by atoms with Crippen LogP contribution in [0.15, 0.2) is 42.5 Å². The van der Waals surface area contributed by atoms with Crippen LogP contribution in [0.3, 0.4) is 0 Å². The standard InChI is InChI=1S/C16H15NO2/c1-11(10-17)16(18)19-12(2)14-9-5-7-13-6-3-4-8-15(13)14/h3-9,11-12H,1-2H3/t11?,12-/m1/s1. The first-order chi connectivity index (χ1) is 9.13. The van der Waals surface area contributed by atoms with Gasteiger partial charge in [0, 0.05) is 0 Å². The van der Waals surface area contributed by atoms with Crippen LogP contribution in [0.4, 0.5) is 0 Å². The number of carbonyl (C=O) groups excluding carboxylic acids is 1. The lowest BCUT2D eigenvalue weighted by Gasteiger charge is -2.16. The fourth-order valence-corrected chi connectivity index (χ4v) is 2.00. The van der Waals surface area contributed by atoms with Gasteiger partial charge in [-0.3, -0.25) is 4.79 Å². The molecule has 2 rings (SSSR count). The quantitative estimate of drug-likeness (QED) is 0.785. The van der Waals surface area contributed by atoms with Crippen LogP contribution in [0.25, 0.3) is 10.8 Å². The number of rotatable bonds is 3. The van der Waals surface area contributed by atoms with E-state index in [1.54, 1.807) is 0 Å². The van der Waals surface area contributed by atoms with Crippen LogP contribution in [-0.4, -0.2) is 5.97 Å². The molecule has 0 saturated heterocycles. The number of esters is 1. The van der Waals surface area contributed by atoms with Gasteiger partial charge in [-0.2, -0.15) is 5.26 Å². The van der Waals surface area contributed by atoms with E-state index < -0.39 is 11.9 Å². The molecule has 0 fully saturated rings. The third-order valence-corrected chi connectivity index (χ3v) is 3.10. The molecule has 0 amide bonds.